The maximum Gasteiger partial charge on any atom is 0.410 e. The van der Waals surface area contributed by atoms with Crippen LogP contribution in [0.2, 0.25) is 35.2 Å². The SMILES string of the molecule is CCC(=O)N1CCc2c([nH]c3ccc(Cl)cc23)C1c1ccc(OC)cc1.CCOC(=O)N1CCc2c([nH]c3ccc(Cl)cc23)C1c1ccc(Cl)cc1Cl.CCOC(=O)N1CCc2c([nH]c3ccc(Cl)cc23)C1c1cccc([N+](=O)[O-])c1.COc1ccc(C2c3[nH]c4ccc(Cl)cc4c3CCN2C(=O)Nc2ccccc2OC)cc1.O=C(NC1CCCCC1)N1CCc2c([nH]c3ccc(Br)cc23)C1c1cccc(Cl)c1. The van der Waals surface area contributed by atoms with Gasteiger partial charge in [-0.3, -0.25) is 24.7 Å². The summed E-state index contributed by atoms with van der Waals surface area (Å²) < 4.78 is 27.6. The number of non-ortho nitro benzene ring substituents is 1. The minimum absolute atomic E-state index is 0.0208. The van der Waals surface area contributed by atoms with Crippen LogP contribution < -0.4 is 24.8 Å². The quantitative estimate of drug-likeness (QED) is 0.0395. The summed E-state index contributed by atoms with van der Waals surface area (Å²) >= 11 is 47.4. The molecule has 742 valence electrons. The molecule has 1 aliphatic carbocycles. The van der Waals surface area contributed by atoms with Crippen molar-refractivity contribution in [1.82, 2.24) is 54.7 Å². The number of ether oxygens (including phenoxy) is 5. The third-order valence-corrected chi connectivity index (χ3v) is 29.8. The molecular formula is C111H105BrCl7N13O12. The second-order valence-corrected chi connectivity index (χ2v) is 39.9. The number of urea groups is 2. The molecule has 22 rings (SSSR count). The van der Waals surface area contributed by atoms with E-state index in [1.54, 1.807) is 75.3 Å². The molecule has 11 aromatic carbocycles. The lowest BCUT2D eigenvalue weighted by Gasteiger charge is -2.37. The minimum atomic E-state index is -0.506. The number of halogens is 8. The van der Waals surface area contributed by atoms with Gasteiger partial charge in [0.15, 0.2) is 0 Å². The molecule has 0 spiro atoms. The molecule has 7 N–H and O–H groups in total. The van der Waals surface area contributed by atoms with Crippen LogP contribution in [0, 0.1) is 10.1 Å². The number of carbonyl (C=O) groups excluding carboxylic acids is 5. The third-order valence-electron chi connectivity index (χ3n) is 27.6. The van der Waals surface area contributed by atoms with Crippen molar-refractivity contribution in [2.45, 2.75) is 128 Å². The predicted octanol–water partition coefficient (Wildman–Crippen LogP) is 28.4. The molecule has 5 unspecified atom stereocenters. The molecule has 33 heteroatoms. The molecule has 144 heavy (non-hydrogen) atoms. The van der Waals surface area contributed by atoms with Crippen molar-refractivity contribution >= 4 is 193 Å². The van der Waals surface area contributed by atoms with E-state index in [4.69, 9.17) is 105 Å². The van der Waals surface area contributed by atoms with Gasteiger partial charge in [-0.05, 0) is 266 Å². The molecule has 0 radical (unpaired) electrons. The van der Waals surface area contributed by atoms with Crippen LogP contribution in [-0.2, 0) is 46.4 Å². The number of benzene rings is 11. The number of nitrogens with zero attached hydrogens (tertiary/aromatic N) is 6. The van der Waals surface area contributed by atoms with Crippen molar-refractivity contribution in [3.8, 4) is 17.2 Å². The second-order valence-electron chi connectivity index (χ2n) is 35.9. The van der Waals surface area contributed by atoms with Gasteiger partial charge in [-0.15, -0.1) is 0 Å². The Morgan fingerprint density at radius 2 is 0.785 bits per heavy atom. The Balaban J connectivity index is 0.000000119. The van der Waals surface area contributed by atoms with Crippen LogP contribution in [0.3, 0.4) is 0 Å². The lowest BCUT2D eigenvalue weighted by molar-refractivity contribution is -0.384. The molecule has 25 nitrogen and oxygen atoms in total. The second kappa shape index (κ2) is 44.7. The van der Waals surface area contributed by atoms with Crippen molar-refractivity contribution < 1.29 is 52.6 Å². The normalized spacial score (nSPS) is 16.8. The van der Waals surface area contributed by atoms with E-state index in [-0.39, 0.29) is 66.6 Å². The van der Waals surface area contributed by atoms with E-state index >= 15 is 0 Å². The van der Waals surface area contributed by atoms with E-state index in [0.29, 0.717) is 106 Å². The van der Waals surface area contributed by atoms with Crippen LogP contribution in [0.1, 0.15) is 174 Å². The van der Waals surface area contributed by atoms with Crippen molar-refractivity contribution in [2.24, 2.45) is 0 Å². The Labute approximate surface area is 875 Å². The molecule has 7 amide bonds. The fraction of sp³-hybridized carbons (Fsp3) is 0.270. The van der Waals surface area contributed by atoms with E-state index in [1.807, 2.05) is 191 Å². The summed E-state index contributed by atoms with van der Waals surface area (Å²) in [4.78, 5) is 102. The molecule has 5 aliphatic heterocycles. The van der Waals surface area contributed by atoms with Crippen LogP contribution in [0.5, 0.6) is 17.2 Å². The summed E-state index contributed by atoms with van der Waals surface area (Å²) in [7, 11) is 4.89. The van der Waals surface area contributed by atoms with Gasteiger partial charge >= 0.3 is 24.2 Å². The first-order chi connectivity index (χ1) is 69.8. The minimum Gasteiger partial charge on any atom is -0.497 e. The number of H-pyrrole nitrogens is 5. The van der Waals surface area contributed by atoms with Gasteiger partial charge in [0.25, 0.3) is 5.69 Å². The summed E-state index contributed by atoms with van der Waals surface area (Å²) in [5.41, 5.74) is 21.1. The number of amides is 7. The Hall–Kier alpha value is -13.0. The standard InChI is InChI=1S/C26H24ClN3O3.C24H25BrClN3O.C21H21ClN2O2.C20H17Cl3N2O2.C20H18ClN3O4/c1-32-18-10-7-16(8-11-18)25-24-19(20-15-17(27)9-12-21(20)28-24)13-14-30(25)26(31)29-22-5-3-4-6-23(22)33-2;25-16-9-10-21-20(14-16)19-11-12-29(24(30)27-18-7-2-1-3-8-18)23(22(19)28-21)15-5-4-6-17(26)13-15;1-3-19(25)24-11-10-16-17-12-14(22)6-9-18(17)23-20(16)21(24)13-4-7-15(26-2)8-5-13;1-2-27-20(26)25-8-7-13-15-9-11(21)4-6-17(15)24-18(13)19(25)14-5-3-12(22)10-16(14)23;1-2-28-20(25)23-9-8-15-16-11-13(21)6-7-17(16)22-18(15)19(23)12-4-3-5-14(10-12)24(26)27/h3-12,15,25,28H,13-14H2,1-2H3,(H,29,31);4-6,9-10,13-14,18,23,28H,1-3,7-8,11-12H2,(H,27,30);4-9,12,21,23H,3,10-11H2,1-2H3;3-6,9-10,19,24H,2,7-8H2,1H3;3-7,10-11,19,22H,2,8-9H2,1H3. The number of aromatic amines is 5. The van der Waals surface area contributed by atoms with Crippen molar-refractivity contribution in [2.75, 3.05) is 72.6 Å². The monoisotopic (exact) mass is 2140 g/mol. The molecule has 6 aliphatic rings. The van der Waals surface area contributed by atoms with Gasteiger partial charge in [0.05, 0.1) is 63.3 Å². The van der Waals surface area contributed by atoms with Crippen molar-refractivity contribution in [1.29, 1.82) is 0 Å². The van der Waals surface area contributed by atoms with Crippen molar-refractivity contribution in [3.05, 3.63) is 364 Å². The molecule has 0 bridgehead atoms. The fourth-order valence-corrected chi connectivity index (χ4v) is 22.7. The Morgan fingerprint density at radius 3 is 1.24 bits per heavy atom. The van der Waals surface area contributed by atoms with E-state index in [1.165, 1.54) is 53.5 Å². The fourth-order valence-electron chi connectivity index (χ4n) is 20.9. The molecule has 1 saturated carbocycles. The number of anilines is 1. The molecule has 0 saturated heterocycles. The lowest BCUT2D eigenvalue weighted by Crippen LogP contribution is -2.49. The average molecular weight is 2140 g/mol. The molecule has 16 aromatic rings. The van der Waals surface area contributed by atoms with Crippen LogP contribution in [-0.4, -0.2) is 158 Å². The number of para-hydroxylation sites is 2. The number of carbonyl (C=O) groups is 5. The average Bonchev–Trinajstić information content (AvgIpc) is 1.59. The Morgan fingerprint density at radius 1 is 0.396 bits per heavy atom. The van der Waals surface area contributed by atoms with Gasteiger partial charge in [-0.2, -0.15) is 0 Å². The number of aromatic nitrogens is 5. The number of nitro benzene ring substituents is 1. The van der Waals surface area contributed by atoms with E-state index in [2.05, 4.69) is 69.7 Å². The maximum atomic E-state index is 13.5. The van der Waals surface area contributed by atoms with Gasteiger partial charge in [-0.25, -0.2) is 19.2 Å². The molecule has 5 aromatic heterocycles. The third kappa shape index (κ3) is 21.3. The highest BCUT2D eigenvalue weighted by atomic mass is 79.9. The highest BCUT2D eigenvalue weighted by molar-refractivity contribution is 9.10. The number of fused-ring (bicyclic) bond motifs is 15. The van der Waals surface area contributed by atoms with Crippen LogP contribution in [0.15, 0.2) is 235 Å². The van der Waals surface area contributed by atoms with E-state index in [9.17, 15) is 34.1 Å². The molecule has 1 fully saturated rings. The van der Waals surface area contributed by atoms with Crippen molar-refractivity contribution in [3.63, 3.8) is 0 Å². The Bertz CT molecular complexity index is 7510. The van der Waals surface area contributed by atoms with Crippen LogP contribution >= 0.6 is 97.1 Å². The summed E-state index contributed by atoms with van der Waals surface area (Å²) in [6.45, 7) is 8.93. The number of nitrogens with one attached hydrogen (secondary N) is 7. The topological polar surface area (TPSA) is 294 Å². The predicted molar refractivity (Wildman–Crippen MR) is 574 cm³/mol. The van der Waals surface area contributed by atoms with Gasteiger partial charge in [0.2, 0.25) is 5.91 Å². The number of hydrogen-bond acceptors (Lipinski definition) is 12. The highest BCUT2D eigenvalue weighted by Gasteiger charge is 2.43. The zero-order valence-corrected chi connectivity index (χ0v) is 86.6. The largest absolute Gasteiger partial charge is 0.497 e. The number of nitro groups is 1. The highest BCUT2D eigenvalue weighted by Crippen LogP contribution is 2.48. The smallest absolute Gasteiger partial charge is 0.410 e. The molecular weight excluding hydrogens is 2040 g/mol. The summed E-state index contributed by atoms with van der Waals surface area (Å²) in [6, 6.07) is 70.8. The summed E-state index contributed by atoms with van der Waals surface area (Å²) in [6.07, 6.45) is 9.24. The number of methoxy groups -OCH3 is 3. The first-order valence-electron chi connectivity index (χ1n) is 48.0. The van der Waals surface area contributed by atoms with Crippen LogP contribution in [0.4, 0.5) is 30.6 Å². The number of rotatable bonds is 14. The first-order valence-corrected chi connectivity index (χ1v) is 51.4. The van der Waals surface area contributed by atoms with E-state index < -0.39 is 17.1 Å². The van der Waals surface area contributed by atoms with Gasteiger partial charge in [0.1, 0.15) is 29.3 Å². The molecule has 5 atom stereocenters. The zero-order chi connectivity index (χ0) is 101. The molecule has 10 heterocycles. The Kier molecular flexibility index (Phi) is 31.4. The summed E-state index contributed by atoms with van der Waals surface area (Å²) in [5.74, 6) is 2.35. The summed E-state index contributed by atoms with van der Waals surface area (Å²) in [5, 5.41) is 27.6. The first kappa shape index (κ1) is 101. The maximum absolute atomic E-state index is 13.5. The van der Waals surface area contributed by atoms with Gasteiger partial charge in [0, 0.05) is 180 Å². The van der Waals surface area contributed by atoms with Crippen LogP contribution in [0.25, 0.3) is 54.5 Å². The number of hydrogen-bond donors (Lipinski definition) is 7. The van der Waals surface area contributed by atoms with Gasteiger partial charge in [-0.1, -0.05) is 190 Å². The zero-order valence-electron chi connectivity index (χ0n) is 79.7. The van der Waals surface area contributed by atoms with E-state index in [0.717, 1.165) is 164 Å². The lowest BCUT2D eigenvalue weighted by atomic mass is 9.92. The van der Waals surface area contributed by atoms with Gasteiger partial charge < -0.3 is 73.9 Å².